The van der Waals surface area contributed by atoms with Crippen molar-refractivity contribution in [3.63, 3.8) is 0 Å². The molecule has 0 spiro atoms. The maximum atomic E-state index is 11.9. The van der Waals surface area contributed by atoms with Gasteiger partial charge in [0.2, 0.25) is 0 Å². The van der Waals surface area contributed by atoms with Crippen molar-refractivity contribution in [1.29, 1.82) is 0 Å². The number of nitrogens with two attached hydrogens (primary N) is 2. The van der Waals surface area contributed by atoms with Gasteiger partial charge in [-0.2, -0.15) is 5.10 Å². The lowest BCUT2D eigenvalue weighted by atomic mass is 10.1. The van der Waals surface area contributed by atoms with Gasteiger partial charge in [-0.3, -0.25) is 9.89 Å². The summed E-state index contributed by atoms with van der Waals surface area (Å²) in [5, 5.41) is 9.48. The molecule has 0 fully saturated rings. The molecule has 0 aliphatic rings. The molecule has 1 amide bonds. The fourth-order valence-electron chi connectivity index (χ4n) is 1.61. The molecule has 94 valence electrons. The summed E-state index contributed by atoms with van der Waals surface area (Å²) in [5.41, 5.74) is 14.5. The van der Waals surface area contributed by atoms with Crippen molar-refractivity contribution in [2.45, 2.75) is 13.5 Å². The lowest BCUT2D eigenvalue weighted by Crippen LogP contribution is -2.24. The Balaban J connectivity index is 2.06. The zero-order valence-electron chi connectivity index (χ0n) is 10.0. The van der Waals surface area contributed by atoms with Gasteiger partial charge in [0.25, 0.3) is 5.91 Å². The van der Waals surface area contributed by atoms with Crippen molar-refractivity contribution in [2.24, 2.45) is 0 Å². The second kappa shape index (κ2) is 4.79. The van der Waals surface area contributed by atoms with Crippen LogP contribution in [0.2, 0.25) is 0 Å². The highest BCUT2D eigenvalue weighted by Crippen LogP contribution is 2.15. The number of nitrogens with one attached hydrogen (secondary N) is 2. The number of aryl methyl sites for hydroxylation is 1. The van der Waals surface area contributed by atoms with Crippen molar-refractivity contribution in [2.75, 3.05) is 11.5 Å². The number of benzene rings is 1. The van der Waals surface area contributed by atoms with Crippen LogP contribution in [-0.4, -0.2) is 16.1 Å². The van der Waals surface area contributed by atoms with Gasteiger partial charge in [0.1, 0.15) is 0 Å². The molecule has 1 aromatic heterocycles. The summed E-state index contributed by atoms with van der Waals surface area (Å²) in [5.74, 6) is -0.229. The second-order valence-electron chi connectivity index (χ2n) is 4.05. The summed E-state index contributed by atoms with van der Waals surface area (Å²) in [6, 6.07) is 4.83. The first-order valence-corrected chi connectivity index (χ1v) is 5.50. The molecule has 0 saturated heterocycles. The zero-order chi connectivity index (χ0) is 13.1. The second-order valence-corrected chi connectivity index (χ2v) is 4.05. The van der Waals surface area contributed by atoms with Gasteiger partial charge in [0, 0.05) is 29.2 Å². The first-order chi connectivity index (χ1) is 8.58. The fraction of sp³-hybridized carbons (Fsp3) is 0.167. The molecule has 2 rings (SSSR count). The van der Waals surface area contributed by atoms with Crippen molar-refractivity contribution < 1.29 is 4.79 Å². The van der Waals surface area contributed by atoms with Crippen LogP contribution in [0.4, 0.5) is 11.4 Å². The zero-order valence-corrected chi connectivity index (χ0v) is 10.0. The third-order valence-corrected chi connectivity index (χ3v) is 2.69. The predicted molar refractivity (Wildman–Crippen MR) is 69.8 cm³/mol. The Morgan fingerprint density at radius 3 is 2.83 bits per heavy atom. The number of nitrogens with zero attached hydrogens (tertiary/aromatic N) is 1. The smallest absolute Gasteiger partial charge is 0.253 e. The normalized spacial score (nSPS) is 10.3. The first kappa shape index (κ1) is 12.0. The van der Waals surface area contributed by atoms with E-state index >= 15 is 0 Å². The van der Waals surface area contributed by atoms with Crippen molar-refractivity contribution >= 4 is 17.3 Å². The van der Waals surface area contributed by atoms with Crippen LogP contribution < -0.4 is 16.8 Å². The molecule has 6 N–H and O–H groups in total. The predicted octanol–water partition coefficient (Wildman–Crippen LogP) is 0.813. The van der Waals surface area contributed by atoms with E-state index in [0.717, 1.165) is 11.3 Å². The lowest BCUT2D eigenvalue weighted by molar-refractivity contribution is 0.0952. The molecule has 1 heterocycles. The molecule has 0 bridgehead atoms. The largest absolute Gasteiger partial charge is 0.399 e. The van der Waals surface area contributed by atoms with Crippen molar-refractivity contribution in [3.05, 3.63) is 41.2 Å². The molecule has 0 unspecified atom stereocenters. The molecule has 0 aliphatic heterocycles. The summed E-state index contributed by atoms with van der Waals surface area (Å²) < 4.78 is 0. The number of H-pyrrole nitrogens is 1. The van der Waals surface area contributed by atoms with Crippen LogP contribution in [0, 0.1) is 6.92 Å². The Kier molecular flexibility index (Phi) is 3.18. The molecule has 6 nitrogen and oxygen atoms in total. The molecule has 0 aliphatic carbocycles. The number of anilines is 2. The molecule has 0 atom stereocenters. The summed E-state index contributed by atoms with van der Waals surface area (Å²) in [7, 11) is 0. The number of hydrogen-bond acceptors (Lipinski definition) is 4. The van der Waals surface area contributed by atoms with Gasteiger partial charge in [0.15, 0.2) is 0 Å². The minimum atomic E-state index is -0.229. The molecule has 18 heavy (non-hydrogen) atoms. The number of aromatic amines is 1. The van der Waals surface area contributed by atoms with E-state index in [9.17, 15) is 4.79 Å². The Labute approximate surface area is 104 Å². The van der Waals surface area contributed by atoms with E-state index in [0.29, 0.717) is 23.5 Å². The van der Waals surface area contributed by atoms with Gasteiger partial charge in [0.05, 0.1) is 11.8 Å². The molecular formula is C12H15N5O. The summed E-state index contributed by atoms with van der Waals surface area (Å²) >= 11 is 0. The highest BCUT2D eigenvalue weighted by atomic mass is 16.1. The van der Waals surface area contributed by atoms with Gasteiger partial charge in [-0.1, -0.05) is 0 Å². The SMILES string of the molecule is Cc1[nH]ncc1CNC(=O)c1ccc(N)cc1N. The standard InChI is InChI=1S/C12H15N5O/c1-7-8(6-16-17-7)5-15-12(18)10-3-2-9(13)4-11(10)14/h2-4,6H,5,13-14H2,1H3,(H,15,18)(H,16,17). The van der Waals surface area contributed by atoms with Gasteiger partial charge >= 0.3 is 0 Å². The van der Waals surface area contributed by atoms with E-state index in [1.54, 1.807) is 24.4 Å². The highest BCUT2D eigenvalue weighted by Gasteiger charge is 2.10. The van der Waals surface area contributed by atoms with E-state index in [1.165, 1.54) is 0 Å². The molecule has 1 aromatic carbocycles. The number of hydrogen-bond donors (Lipinski definition) is 4. The van der Waals surface area contributed by atoms with E-state index in [-0.39, 0.29) is 5.91 Å². The van der Waals surface area contributed by atoms with Crippen LogP contribution in [0.15, 0.2) is 24.4 Å². The Bertz CT molecular complexity index is 576. The molecule has 6 heteroatoms. The average molecular weight is 245 g/mol. The summed E-state index contributed by atoms with van der Waals surface area (Å²) in [6.07, 6.45) is 1.68. The Morgan fingerprint density at radius 1 is 1.44 bits per heavy atom. The first-order valence-electron chi connectivity index (χ1n) is 5.50. The van der Waals surface area contributed by atoms with E-state index < -0.39 is 0 Å². The van der Waals surface area contributed by atoms with Crippen LogP contribution in [0.25, 0.3) is 0 Å². The highest BCUT2D eigenvalue weighted by molar-refractivity contribution is 5.99. The number of aromatic nitrogens is 2. The fourth-order valence-corrected chi connectivity index (χ4v) is 1.61. The number of amides is 1. The van der Waals surface area contributed by atoms with E-state index in [1.807, 2.05) is 6.92 Å². The van der Waals surface area contributed by atoms with Crippen LogP contribution in [0.3, 0.4) is 0 Å². The topological polar surface area (TPSA) is 110 Å². The van der Waals surface area contributed by atoms with Crippen LogP contribution in [0.1, 0.15) is 21.6 Å². The molecular weight excluding hydrogens is 230 g/mol. The van der Waals surface area contributed by atoms with Gasteiger partial charge in [-0.15, -0.1) is 0 Å². The number of carbonyl (C=O) groups is 1. The minimum Gasteiger partial charge on any atom is -0.399 e. The Morgan fingerprint density at radius 2 is 2.22 bits per heavy atom. The van der Waals surface area contributed by atoms with E-state index in [4.69, 9.17) is 11.5 Å². The number of nitrogen functional groups attached to an aromatic ring is 2. The minimum absolute atomic E-state index is 0.229. The maximum Gasteiger partial charge on any atom is 0.253 e. The Hall–Kier alpha value is -2.50. The third kappa shape index (κ3) is 2.42. The summed E-state index contributed by atoms with van der Waals surface area (Å²) in [4.78, 5) is 11.9. The number of carbonyl (C=O) groups excluding carboxylic acids is 1. The third-order valence-electron chi connectivity index (χ3n) is 2.69. The average Bonchev–Trinajstić information content (AvgIpc) is 2.72. The van der Waals surface area contributed by atoms with Gasteiger partial charge in [-0.25, -0.2) is 0 Å². The maximum absolute atomic E-state index is 11.9. The van der Waals surface area contributed by atoms with Gasteiger partial charge < -0.3 is 16.8 Å². The van der Waals surface area contributed by atoms with Gasteiger partial charge in [-0.05, 0) is 25.1 Å². The lowest BCUT2D eigenvalue weighted by Gasteiger charge is -2.07. The monoisotopic (exact) mass is 245 g/mol. The van der Waals surface area contributed by atoms with Crippen molar-refractivity contribution in [3.8, 4) is 0 Å². The molecule has 0 radical (unpaired) electrons. The molecule has 0 saturated carbocycles. The number of rotatable bonds is 3. The summed E-state index contributed by atoms with van der Waals surface area (Å²) in [6.45, 7) is 2.30. The molecule has 2 aromatic rings. The van der Waals surface area contributed by atoms with Crippen molar-refractivity contribution in [1.82, 2.24) is 15.5 Å². The van der Waals surface area contributed by atoms with E-state index in [2.05, 4.69) is 15.5 Å². The van der Waals surface area contributed by atoms with Crippen LogP contribution in [-0.2, 0) is 6.54 Å². The van der Waals surface area contributed by atoms with Crippen LogP contribution >= 0.6 is 0 Å². The van der Waals surface area contributed by atoms with Crippen LogP contribution in [0.5, 0.6) is 0 Å². The quantitative estimate of drug-likeness (QED) is 0.600.